The summed E-state index contributed by atoms with van der Waals surface area (Å²) in [6.07, 6.45) is 6.67. The number of carbonyl (C=O) groups is 1. The third-order valence-electron chi connectivity index (χ3n) is 3.50. The van der Waals surface area contributed by atoms with E-state index in [4.69, 9.17) is 0 Å². The zero-order valence-corrected chi connectivity index (χ0v) is 9.86. The van der Waals surface area contributed by atoms with Crippen LogP contribution in [0.3, 0.4) is 0 Å². The molecule has 1 aliphatic rings. The third kappa shape index (κ3) is 2.23. The molecule has 3 heteroatoms. The normalized spacial score (nSPS) is 23.0. The highest BCUT2D eigenvalue weighted by atomic mass is 16.1. The molecule has 1 unspecified atom stereocenters. The van der Waals surface area contributed by atoms with Gasteiger partial charge in [-0.25, -0.2) is 0 Å². The van der Waals surface area contributed by atoms with Crippen LogP contribution < -0.4 is 5.32 Å². The van der Waals surface area contributed by atoms with Crippen molar-refractivity contribution < 1.29 is 4.79 Å². The van der Waals surface area contributed by atoms with Crippen molar-refractivity contribution in [1.82, 2.24) is 4.98 Å². The Morgan fingerprint density at radius 1 is 1.56 bits per heavy atom. The highest BCUT2D eigenvalue weighted by Gasteiger charge is 2.39. The zero-order chi connectivity index (χ0) is 11.6. The van der Waals surface area contributed by atoms with Crippen LogP contribution >= 0.6 is 0 Å². The molecule has 2 rings (SSSR count). The summed E-state index contributed by atoms with van der Waals surface area (Å²) in [4.78, 5) is 16.1. The van der Waals surface area contributed by atoms with Gasteiger partial charge in [-0.3, -0.25) is 9.78 Å². The van der Waals surface area contributed by atoms with Crippen LogP contribution in [0.4, 0.5) is 5.69 Å². The van der Waals surface area contributed by atoms with Gasteiger partial charge in [-0.15, -0.1) is 0 Å². The van der Waals surface area contributed by atoms with E-state index >= 15 is 0 Å². The first-order chi connectivity index (χ1) is 7.59. The van der Waals surface area contributed by atoms with Crippen molar-refractivity contribution in [2.75, 3.05) is 5.32 Å². The van der Waals surface area contributed by atoms with Gasteiger partial charge < -0.3 is 5.32 Å². The van der Waals surface area contributed by atoms with Gasteiger partial charge in [0, 0.05) is 12.1 Å². The van der Waals surface area contributed by atoms with E-state index in [0.29, 0.717) is 0 Å². The Labute approximate surface area is 96.3 Å². The monoisotopic (exact) mass is 218 g/mol. The number of nitrogens with zero attached hydrogens (tertiary/aromatic N) is 1. The number of amides is 1. The second-order valence-corrected chi connectivity index (χ2v) is 5.16. The van der Waals surface area contributed by atoms with E-state index in [-0.39, 0.29) is 17.2 Å². The lowest BCUT2D eigenvalue weighted by atomic mass is 9.81. The van der Waals surface area contributed by atoms with E-state index in [2.05, 4.69) is 24.1 Å². The van der Waals surface area contributed by atoms with Crippen molar-refractivity contribution in [2.24, 2.45) is 11.3 Å². The maximum Gasteiger partial charge on any atom is 0.228 e. The summed E-state index contributed by atoms with van der Waals surface area (Å²) in [5.74, 6) is 0.267. The molecular formula is C13H18N2O. The second kappa shape index (κ2) is 4.24. The smallest absolute Gasteiger partial charge is 0.228 e. The Bertz CT molecular complexity index is 373. The summed E-state index contributed by atoms with van der Waals surface area (Å²) in [5.41, 5.74) is 0.918. The first-order valence-corrected chi connectivity index (χ1v) is 5.80. The van der Waals surface area contributed by atoms with Crippen molar-refractivity contribution in [3.05, 3.63) is 24.5 Å². The largest absolute Gasteiger partial charge is 0.324 e. The molecule has 1 N–H and O–H groups in total. The summed E-state index contributed by atoms with van der Waals surface area (Å²) < 4.78 is 0. The van der Waals surface area contributed by atoms with E-state index in [9.17, 15) is 4.79 Å². The molecule has 0 radical (unpaired) electrons. The lowest BCUT2D eigenvalue weighted by Gasteiger charge is -2.25. The molecule has 0 aromatic carbocycles. The lowest BCUT2D eigenvalue weighted by molar-refractivity contribution is -0.122. The van der Waals surface area contributed by atoms with E-state index in [1.807, 2.05) is 12.1 Å². The van der Waals surface area contributed by atoms with E-state index in [0.717, 1.165) is 24.9 Å². The molecule has 1 amide bonds. The molecule has 1 aliphatic carbocycles. The minimum Gasteiger partial charge on any atom is -0.324 e. The number of rotatable bonds is 2. The van der Waals surface area contributed by atoms with Crippen LogP contribution in [0.15, 0.2) is 24.5 Å². The fourth-order valence-electron chi connectivity index (χ4n) is 2.48. The van der Waals surface area contributed by atoms with Crippen molar-refractivity contribution in [2.45, 2.75) is 33.1 Å². The van der Waals surface area contributed by atoms with Crippen molar-refractivity contribution in [1.29, 1.82) is 0 Å². The van der Waals surface area contributed by atoms with E-state index < -0.39 is 0 Å². The van der Waals surface area contributed by atoms with Gasteiger partial charge >= 0.3 is 0 Å². The van der Waals surface area contributed by atoms with Gasteiger partial charge in [0.05, 0.1) is 11.9 Å². The van der Waals surface area contributed by atoms with Gasteiger partial charge in [0.15, 0.2) is 0 Å². The van der Waals surface area contributed by atoms with Crippen LogP contribution in [0.25, 0.3) is 0 Å². The van der Waals surface area contributed by atoms with Crippen molar-refractivity contribution >= 4 is 11.6 Å². The predicted octanol–water partition coefficient (Wildman–Crippen LogP) is 2.85. The third-order valence-corrected chi connectivity index (χ3v) is 3.50. The maximum absolute atomic E-state index is 12.1. The Kier molecular flexibility index (Phi) is 2.95. The number of pyridine rings is 1. The van der Waals surface area contributed by atoms with Gasteiger partial charge in [-0.2, -0.15) is 0 Å². The number of hydrogen-bond donors (Lipinski definition) is 1. The molecule has 0 saturated heterocycles. The van der Waals surface area contributed by atoms with Gasteiger partial charge in [0.2, 0.25) is 5.91 Å². The molecule has 1 fully saturated rings. The van der Waals surface area contributed by atoms with Gasteiger partial charge in [-0.05, 0) is 30.4 Å². The van der Waals surface area contributed by atoms with Crippen LogP contribution in [0.1, 0.15) is 33.1 Å². The minimum atomic E-state index is 0.131. The van der Waals surface area contributed by atoms with Gasteiger partial charge in [0.25, 0.3) is 0 Å². The molecule has 0 bridgehead atoms. The highest BCUT2D eigenvalue weighted by Crippen LogP contribution is 2.42. The molecule has 3 nitrogen and oxygen atoms in total. The SMILES string of the molecule is CC1(C)CCCC1C(=O)Nc1cccnc1. The molecule has 0 aliphatic heterocycles. The Morgan fingerprint density at radius 2 is 2.38 bits per heavy atom. The number of carbonyl (C=O) groups excluding carboxylic acids is 1. The van der Waals surface area contributed by atoms with E-state index in [1.54, 1.807) is 12.4 Å². The average Bonchev–Trinajstić information content (AvgIpc) is 2.59. The number of aromatic nitrogens is 1. The molecule has 1 saturated carbocycles. The fourth-order valence-corrected chi connectivity index (χ4v) is 2.48. The summed E-state index contributed by atoms with van der Waals surface area (Å²) in [5, 5.41) is 2.94. The quantitative estimate of drug-likeness (QED) is 0.829. The summed E-state index contributed by atoms with van der Waals surface area (Å²) in [6.45, 7) is 4.35. The molecular weight excluding hydrogens is 200 g/mol. The molecule has 1 atom stereocenters. The molecule has 1 aromatic rings. The zero-order valence-electron chi connectivity index (χ0n) is 9.86. The molecule has 0 spiro atoms. The minimum absolute atomic E-state index is 0.131. The molecule has 16 heavy (non-hydrogen) atoms. The number of hydrogen-bond acceptors (Lipinski definition) is 2. The van der Waals surface area contributed by atoms with Crippen LogP contribution in [-0.4, -0.2) is 10.9 Å². The second-order valence-electron chi connectivity index (χ2n) is 5.16. The van der Waals surface area contributed by atoms with Crippen LogP contribution in [0.5, 0.6) is 0 Å². The Balaban J connectivity index is 2.04. The summed E-state index contributed by atoms with van der Waals surface area (Å²) in [6, 6.07) is 3.70. The number of anilines is 1. The van der Waals surface area contributed by atoms with Crippen LogP contribution in [-0.2, 0) is 4.79 Å². The molecule has 1 heterocycles. The molecule has 1 aromatic heterocycles. The predicted molar refractivity (Wildman–Crippen MR) is 64.0 cm³/mol. The first kappa shape index (κ1) is 11.1. The summed E-state index contributed by atoms with van der Waals surface area (Å²) >= 11 is 0. The Morgan fingerprint density at radius 3 is 2.94 bits per heavy atom. The summed E-state index contributed by atoms with van der Waals surface area (Å²) in [7, 11) is 0. The standard InChI is InChI=1S/C13H18N2O/c1-13(2)7-3-6-11(13)12(16)15-10-5-4-8-14-9-10/h4-5,8-9,11H,3,6-7H2,1-2H3,(H,15,16). The van der Waals surface area contributed by atoms with E-state index in [1.165, 1.54) is 0 Å². The lowest BCUT2D eigenvalue weighted by Crippen LogP contribution is -2.30. The average molecular weight is 218 g/mol. The Hall–Kier alpha value is -1.38. The fraction of sp³-hybridized carbons (Fsp3) is 0.538. The van der Waals surface area contributed by atoms with Crippen molar-refractivity contribution in [3.63, 3.8) is 0 Å². The van der Waals surface area contributed by atoms with Crippen LogP contribution in [0.2, 0.25) is 0 Å². The topological polar surface area (TPSA) is 42.0 Å². The maximum atomic E-state index is 12.1. The van der Waals surface area contributed by atoms with Crippen LogP contribution in [0, 0.1) is 11.3 Å². The molecule has 86 valence electrons. The van der Waals surface area contributed by atoms with Gasteiger partial charge in [-0.1, -0.05) is 20.3 Å². The first-order valence-electron chi connectivity index (χ1n) is 5.80. The highest BCUT2D eigenvalue weighted by molar-refractivity contribution is 5.93. The van der Waals surface area contributed by atoms with Gasteiger partial charge in [0.1, 0.15) is 0 Å². The number of nitrogens with one attached hydrogen (secondary N) is 1. The van der Waals surface area contributed by atoms with Crippen molar-refractivity contribution in [3.8, 4) is 0 Å².